The van der Waals surface area contributed by atoms with E-state index in [4.69, 9.17) is 13.9 Å². The number of carbonyl (C=O) groups excluding carboxylic acids is 2. The highest BCUT2D eigenvalue weighted by molar-refractivity contribution is 5.92. The number of ether oxygens (including phenoxy) is 2. The van der Waals surface area contributed by atoms with Gasteiger partial charge >= 0.3 is 6.18 Å². The highest BCUT2D eigenvalue weighted by atomic mass is 19.4. The van der Waals surface area contributed by atoms with Gasteiger partial charge < -0.3 is 23.7 Å². The molecule has 3 aromatic rings. The number of nitrogens with zero attached hydrogens (tertiary/aromatic N) is 4. The number of hydrogen-bond acceptors (Lipinski definition) is 7. The summed E-state index contributed by atoms with van der Waals surface area (Å²) in [7, 11) is 0. The van der Waals surface area contributed by atoms with Crippen molar-refractivity contribution in [1.29, 1.82) is 0 Å². The van der Waals surface area contributed by atoms with E-state index in [1.54, 1.807) is 9.80 Å². The Kier molecular flexibility index (Phi) is 7.47. The van der Waals surface area contributed by atoms with Crippen LogP contribution in [0.25, 0.3) is 0 Å². The molecule has 9 nitrogen and oxygen atoms in total. The lowest BCUT2D eigenvalue weighted by Crippen LogP contribution is -2.50. The van der Waals surface area contributed by atoms with Crippen LogP contribution in [0.2, 0.25) is 0 Å². The molecule has 0 aliphatic carbocycles. The van der Waals surface area contributed by atoms with Crippen LogP contribution in [0, 0.1) is 0 Å². The van der Waals surface area contributed by atoms with Crippen molar-refractivity contribution in [1.82, 2.24) is 19.7 Å². The van der Waals surface area contributed by atoms with E-state index in [1.165, 1.54) is 25.3 Å². The molecule has 0 saturated carbocycles. The van der Waals surface area contributed by atoms with Gasteiger partial charge in [0.25, 0.3) is 5.91 Å². The van der Waals surface area contributed by atoms with Crippen molar-refractivity contribution in [2.24, 2.45) is 0 Å². The number of oxazole rings is 1. The van der Waals surface area contributed by atoms with Gasteiger partial charge in [0.2, 0.25) is 18.6 Å². The number of benzene rings is 2. The molecule has 1 saturated heterocycles. The zero-order valence-electron chi connectivity index (χ0n) is 21.2. The second kappa shape index (κ2) is 11.0. The Balaban J connectivity index is 1.30. The maximum atomic E-state index is 13.0. The molecule has 1 fully saturated rings. The Hall–Kier alpha value is -4.06. The molecule has 0 spiro atoms. The van der Waals surface area contributed by atoms with Gasteiger partial charge in [-0.15, -0.1) is 0 Å². The lowest BCUT2D eigenvalue weighted by Gasteiger charge is -2.33. The van der Waals surface area contributed by atoms with Gasteiger partial charge in [0, 0.05) is 46.2 Å². The zero-order valence-corrected chi connectivity index (χ0v) is 21.2. The van der Waals surface area contributed by atoms with E-state index in [2.05, 4.69) is 4.98 Å². The van der Waals surface area contributed by atoms with Crippen LogP contribution in [-0.2, 0) is 30.6 Å². The number of aromatic nitrogens is 1. The van der Waals surface area contributed by atoms with E-state index in [0.717, 1.165) is 17.7 Å². The molecule has 3 heterocycles. The van der Waals surface area contributed by atoms with E-state index < -0.39 is 11.7 Å². The molecule has 12 heteroatoms. The fourth-order valence-corrected chi connectivity index (χ4v) is 4.58. The average molecular weight is 545 g/mol. The van der Waals surface area contributed by atoms with Gasteiger partial charge in [0.05, 0.1) is 12.1 Å². The lowest BCUT2D eigenvalue weighted by atomic mass is 10.1. The quantitative estimate of drug-likeness (QED) is 0.446. The molecule has 2 aliphatic rings. The largest absolute Gasteiger partial charge is 0.454 e. The smallest absolute Gasteiger partial charge is 0.416 e. The number of piperazine rings is 1. The van der Waals surface area contributed by atoms with E-state index in [9.17, 15) is 22.8 Å². The maximum Gasteiger partial charge on any atom is 0.416 e. The fraction of sp³-hybridized carbons (Fsp3) is 0.370. The molecule has 0 unspecified atom stereocenters. The van der Waals surface area contributed by atoms with Crippen LogP contribution in [0.4, 0.5) is 13.2 Å². The third-order valence-corrected chi connectivity index (χ3v) is 6.67. The number of amides is 2. The highest BCUT2D eigenvalue weighted by Gasteiger charge is 2.30. The Morgan fingerprint density at radius 1 is 0.897 bits per heavy atom. The first kappa shape index (κ1) is 26.5. The molecule has 0 atom stereocenters. The second-order valence-electron chi connectivity index (χ2n) is 9.45. The van der Waals surface area contributed by atoms with Crippen molar-refractivity contribution in [2.45, 2.75) is 32.7 Å². The number of rotatable bonds is 7. The Bertz CT molecular complexity index is 1330. The first-order valence-corrected chi connectivity index (χ1v) is 12.4. The third-order valence-electron chi connectivity index (χ3n) is 6.67. The first-order chi connectivity index (χ1) is 18.7. The van der Waals surface area contributed by atoms with Crippen LogP contribution in [0.3, 0.4) is 0 Å². The summed E-state index contributed by atoms with van der Waals surface area (Å²) in [6.45, 7) is 4.31. The van der Waals surface area contributed by atoms with Gasteiger partial charge in [-0.05, 0) is 35.4 Å². The van der Waals surface area contributed by atoms with Gasteiger partial charge in [-0.3, -0.25) is 14.5 Å². The highest BCUT2D eigenvalue weighted by Crippen LogP contribution is 2.33. The standard InChI is InChI=1S/C27H27F3N4O5/c1-18(35)33-8-10-34(11-9-33)26(36)22-16-37-25(31-22)15-32(13-19-2-5-21(6-3-19)27(28,29)30)14-20-4-7-23-24(12-20)39-17-38-23/h2-7,12,16H,8-11,13-15,17H2,1H3. The monoisotopic (exact) mass is 544 g/mol. The van der Waals surface area contributed by atoms with Crippen molar-refractivity contribution in [3.63, 3.8) is 0 Å². The van der Waals surface area contributed by atoms with Gasteiger partial charge in [0.15, 0.2) is 17.2 Å². The third kappa shape index (κ3) is 6.33. The van der Waals surface area contributed by atoms with Gasteiger partial charge in [-0.2, -0.15) is 13.2 Å². The number of carbonyl (C=O) groups is 2. The number of hydrogen-bond donors (Lipinski definition) is 0. The molecular weight excluding hydrogens is 517 g/mol. The molecule has 2 amide bonds. The zero-order chi connectivity index (χ0) is 27.6. The Morgan fingerprint density at radius 2 is 1.54 bits per heavy atom. The van der Waals surface area contributed by atoms with Gasteiger partial charge in [0.1, 0.15) is 6.26 Å². The second-order valence-corrected chi connectivity index (χ2v) is 9.45. The normalized spacial score (nSPS) is 15.2. The summed E-state index contributed by atoms with van der Waals surface area (Å²) in [5.41, 5.74) is 1.03. The lowest BCUT2D eigenvalue weighted by molar-refractivity contribution is -0.137. The van der Waals surface area contributed by atoms with E-state index in [1.807, 2.05) is 23.1 Å². The molecule has 0 bridgehead atoms. The summed E-state index contributed by atoms with van der Waals surface area (Å²) in [6.07, 6.45) is -3.10. The maximum absolute atomic E-state index is 13.0. The van der Waals surface area contributed by atoms with Crippen molar-refractivity contribution in [2.75, 3.05) is 33.0 Å². The Morgan fingerprint density at radius 3 is 2.23 bits per heavy atom. The summed E-state index contributed by atoms with van der Waals surface area (Å²) in [6, 6.07) is 10.6. The van der Waals surface area contributed by atoms with Crippen molar-refractivity contribution in [3.8, 4) is 11.5 Å². The number of fused-ring (bicyclic) bond motifs is 1. The van der Waals surface area contributed by atoms with E-state index in [-0.39, 0.29) is 30.8 Å². The first-order valence-electron chi connectivity index (χ1n) is 12.4. The predicted octanol–water partition coefficient (Wildman–Crippen LogP) is 3.93. The summed E-state index contributed by atoms with van der Waals surface area (Å²) >= 11 is 0. The summed E-state index contributed by atoms with van der Waals surface area (Å²) in [5, 5.41) is 0. The van der Waals surface area contributed by atoms with Crippen molar-refractivity contribution >= 4 is 11.8 Å². The molecule has 2 aliphatic heterocycles. The number of halogens is 3. The minimum atomic E-state index is -4.41. The summed E-state index contributed by atoms with van der Waals surface area (Å²) < 4.78 is 55.5. The molecular formula is C27H27F3N4O5. The molecule has 5 rings (SSSR count). The SMILES string of the molecule is CC(=O)N1CCN(C(=O)c2coc(CN(Cc3ccc(C(F)(F)F)cc3)Cc3ccc4c(c3)OCO4)n2)CC1. The fourth-order valence-electron chi connectivity index (χ4n) is 4.58. The minimum Gasteiger partial charge on any atom is -0.454 e. The van der Waals surface area contributed by atoms with Gasteiger partial charge in [-0.1, -0.05) is 18.2 Å². The number of alkyl halides is 3. The Labute approximate surface area is 222 Å². The van der Waals surface area contributed by atoms with E-state index >= 15 is 0 Å². The van der Waals surface area contributed by atoms with Crippen LogP contribution in [-0.4, -0.2) is 64.5 Å². The van der Waals surface area contributed by atoms with Gasteiger partial charge in [-0.25, -0.2) is 4.98 Å². The molecule has 1 aromatic heterocycles. The average Bonchev–Trinajstić information content (AvgIpc) is 3.57. The molecule has 39 heavy (non-hydrogen) atoms. The predicted molar refractivity (Wildman–Crippen MR) is 132 cm³/mol. The van der Waals surface area contributed by atoms with E-state index in [0.29, 0.717) is 62.2 Å². The van der Waals surface area contributed by atoms with Crippen molar-refractivity contribution < 1.29 is 36.7 Å². The molecule has 206 valence electrons. The molecule has 0 radical (unpaired) electrons. The van der Waals surface area contributed by atoms with Crippen LogP contribution in [0.15, 0.2) is 53.1 Å². The van der Waals surface area contributed by atoms with Crippen LogP contribution in [0.1, 0.15) is 40.0 Å². The summed E-state index contributed by atoms with van der Waals surface area (Å²) in [4.78, 5) is 34.2. The minimum absolute atomic E-state index is 0.0265. The topological polar surface area (TPSA) is 88.4 Å². The molecule has 2 aromatic carbocycles. The van der Waals surface area contributed by atoms with Crippen LogP contribution in [0.5, 0.6) is 11.5 Å². The van der Waals surface area contributed by atoms with Crippen LogP contribution >= 0.6 is 0 Å². The van der Waals surface area contributed by atoms with Crippen LogP contribution < -0.4 is 9.47 Å². The molecule has 0 N–H and O–H groups in total. The summed E-state index contributed by atoms with van der Waals surface area (Å²) in [5.74, 6) is 1.26. The van der Waals surface area contributed by atoms with Crippen molar-refractivity contribution in [3.05, 3.63) is 77.0 Å².